The van der Waals surface area contributed by atoms with E-state index in [2.05, 4.69) is 0 Å². The highest BCUT2D eigenvalue weighted by molar-refractivity contribution is 6.19. The first kappa shape index (κ1) is 14.4. The molecule has 2 nitrogen and oxygen atoms in total. The summed E-state index contributed by atoms with van der Waals surface area (Å²) >= 11 is 0. The SMILES string of the molecule is [2H]c1c([2H])c([2H])c(-c2c([2H])c([2H])c(-c3c([2H])c([2H])c(N(c4c([2H])c([2H])c(-c5c([2H])c([2H])c([2H])c6c([2H])c([2H])c([2H])c([2H])c56)c([2H])c4[2H])c4cccc5oc6c7ccccc7ccc6c45)c([2H])c3[2H])c([2H])c2[2H])c([2H])c1[2H]. The van der Waals surface area contributed by atoms with Crippen molar-refractivity contribution in [3.8, 4) is 33.4 Å². The highest BCUT2D eigenvalue weighted by Crippen LogP contribution is 2.45. The van der Waals surface area contributed by atoms with E-state index in [1.807, 2.05) is 12.1 Å². The second kappa shape index (κ2) is 12.5. The number of anilines is 3. The van der Waals surface area contributed by atoms with E-state index >= 15 is 0 Å². The first-order valence-corrected chi connectivity index (χ1v) is 15.8. The normalized spacial score (nSPS) is 17.9. The number of hydrogen-bond donors (Lipinski definition) is 0. The van der Waals surface area contributed by atoms with E-state index in [-0.39, 0.29) is 16.7 Å². The van der Waals surface area contributed by atoms with Gasteiger partial charge in [0.1, 0.15) is 11.2 Å². The second-order valence-electron chi connectivity index (χ2n) is 11.4. The summed E-state index contributed by atoms with van der Waals surface area (Å²) in [5.41, 5.74) is -5.26. The van der Waals surface area contributed by atoms with E-state index < -0.39 is 201 Å². The predicted octanol–water partition coefficient (Wildman–Crippen LogP) is 14.4. The van der Waals surface area contributed by atoms with Gasteiger partial charge in [-0.05, 0) is 91.9 Å². The molecule has 0 saturated heterocycles. The van der Waals surface area contributed by atoms with Gasteiger partial charge in [-0.25, -0.2) is 0 Å². The minimum Gasteiger partial charge on any atom is -0.455 e. The van der Waals surface area contributed by atoms with E-state index in [1.54, 1.807) is 30.3 Å². The monoisotopic (exact) mass is 687 g/mol. The fourth-order valence-electron chi connectivity index (χ4n) is 6.10. The first-order valence-electron chi connectivity index (χ1n) is 27.8. The zero-order chi connectivity index (χ0) is 55.3. The largest absolute Gasteiger partial charge is 0.455 e. The van der Waals surface area contributed by atoms with Crippen LogP contribution in [-0.4, -0.2) is 0 Å². The van der Waals surface area contributed by atoms with Crippen molar-refractivity contribution in [2.45, 2.75) is 0 Å². The van der Waals surface area contributed by atoms with Crippen LogP contribution in [0.25, 0.3) is 76.9 Å². The smallest absolute Gasteiger partial charge is 0.143 e. The van der Waals surface area contributed by atoms with Gasteiger partial charge in [0.15, 0.2) is 0 Å². The summed E-state index contributed by atoms with van der Waals surface area (Å²) in [6, 6.07) is -6.07. The summed E-state index contributed by atoms with van der Waals surface area (Å²) in [4.78, 5) is 0.937. The Hall–Kier alpha value is -6.90. The van der Waals surface area contributed by atoms with Crippen molar-refractivity contribution in [1.29, 1.82) is 0 Å². The molecule has 10 rings (SSSR count). The maximum atomic E-state index is 9.71. The molecule has 244 valence electrons. The average molecular weight is 688 g/mol. The van der Waals surface area contributed by atoms with Gasteiger partial charge in [0.25, 0.3) is 0 Å². The van der Waals surface area contributed by atoms with Crippen molar-refractivity contribution in [3.63, 3.8) is 0 Å². The molecule has 0 amide bonds. The summed E-state index contributed by atoms with van der Waals surface area (Å²) in [5, 5.41) is 0.993. The van der Waals surface area contributed by atoms with Gasteiger partial charge in [-0.1, -0.05) is 157 Å². The Kier molecular flexibility index (Phi) is 3.44. The molecule has 0 radical (unpaired) electrons. The van der Waals surface area contributed by atoms with E-state index in [1.165, 1.54) is 12.1 Å². The number of benzene rings is 9. The molecule has 0 aliphatic heterocycles. The molecule has 9 aromatic carbocycles. The lowest BCUT2D eigenvalue weighted by Crippen LogP contribution is -2.10. The number of fused-ring (bicyclic) bond motifs is 6. The Bertz CT molecular complexity index is 4180. The summed E-state index contributed by atoms with van der Waals surface area (Å²) < 4.78 is 221. The van der Waals surface area contributed by atoms with Crippen molar-refractivity contribution >= 4 is 60.5 Å². The molecule has 0 aliphatic rings. The molecular weight excluding hydrogens is 631 g/mol. The van der Waals surface area contributed by atoms with Crippen molar-refractivity contribution < 1.29 is 37.3 Å². The Morgan fingerprint density at radius 3 is 1.77 bits per heavy atom. The zero-order valence-corrected chi connectivity index (χ0v) is 26.6. The van der Waals surface area contributed by atoms with Crippen LogP contribution in [0.15, 0.2) is 204 Å². The lowest BCUT2D eigenvalue weighted by atomic mass is 9.97. The predicted molar refractivity (Wildman–Crippen MR) is 220 cm³/mol. The third-order valence-corrected chi connectivity index (χ3v) is 8.46. The van der Waals surface area contributed by atoms with Crippen molar-refractivity contribution in [3.05, 3.63) is 200 Å². The van der Waals surface area contributed by atoms with Crippen molar-refractivity contribution in [2.75, 3.05) is 4.90 Å². The average Bonchev–Trinajstić information content (AvgIpc) is 3.83. The molecule has 52 heavy (non-hydrogen) atoms. The lowest BCUT2D eigenvalue weighted by molar-refractivity contribution is 0.672. The Balaban J connectivity index is 1.31. The molecule has 10 aromatic rings. The first-order chi connectivity index (χ1) is 35.8. The Morgan fingerprint density at radius 2 is 1.02 bits per heavy atom. The van der Waals surface area contributed by atoms with E-state index in [0.29, 0.717) is 16.4 Å². The van der Waals surface area contributed by atoms with Gasteiger partial charge in [0.2, 0.25) is 0 Å². The molecule has 2 heteroatoms. The minimum atomic E-state index is -0.989. The molecular formula is C50H33NO. The quantitative estimate of drug-likeness (QED) is 0.173. The van der Waals surface area contributed by atoms with Gasteiger partial charge in [0.05, 0.1) is 44.0 Å². The van der Waals surface area contributed by atoms with Crippen LogP contribution >= 0.6 is 0 Å². The van der Waals surface area contributed by atoms with Crippen LogP contribution < -0.4 is 4.90 Å². The van der Waals surface area contributed by atoms with E-state index in [9.17, 15) is 11.0 Å². The number of nitrogens with zero attached hydrogens (tertiary/aromatic N) is 1. The molecule has 0 spiro atoms. The number of rotatable bonds is 6. The minimum absolute atomic E-state index is 0.0893. The molecule has 0 saturated carbocycles. The van der Waals surface area contributed by atoms with Crippen LogP contribution in [0.2, 0.25) is 0 Å². The zero-order valence-electron chi connectivity index (χ0n) is 50.6. The summed E-state index contributed by atoms with van der Waals surface area (Å²) in [6.45, 7) is 0. The van der Waals surface area contributed by atoms with Gasteiger partial charge in [-0.2, -0.15) is 0 Å². The molecule has 0 atom stereocenters. The van der Waals surface area contributed by atoms with E-state index in [0.717, 1.165) is 10.3 Å². The Morgan fingerprint density at radius 1 is 0.404 bits per heavy atom. The molecule has 0 N–H and O–H groups in total. The summed E-state index contributed by atoms with van der Waals surface area (Å²) in [6.07, 6.45) is 0. The van der Waals surface area contributed by atoms with Gasteiger partial charge in [-0.15, -0.1) is 0 Å². The molecule has 0 bridgehead atoms. The summed E-state index contributed by atoms with van der Waals surface area (Å²) in [5.74, 6) is 0. The third-order valence-electron chi connectivity index (χ3n) is 8.46. The fourth-order valence-corrected chi connectivity index (χ4v) is 6.10. The summed E-state index contributed by atoms with van der Waals surface area (Å²) in [7, 11) is 0. The maximum Gasteiger partial charge on any atom is 0.143 e. The molecule has 1 heterocycles. The number of furan rings is 1. The topological polar surface area (TPSA) is 16.4 Å². The molecule has 0 unspecified atom stereocenters. The van der Waals surface area contributed by atoms with Crippen LogP contribution in [0, 0.1) is 0 Å². The van der Waals surface area contributed by atoms with Gasteiger partial charge < -0.3 is 9.32 Å². The van der Waals surface area contributed by atoms with E-state index in [4.69, 9.17) is 26.3 Å². The second-order valence-corrected chi connectivity index (χ2v) is 11.4. The van der Waals surface area contributed by atoms with Gasteiger partial charge in [0, 0.05) is 22.1 Å². The molecule has 1 aromatic heterocycles. The highest BCUT2D eigenvalue weighted by atomic mass is 16.3. The van der Waals surface area contributed by atoms with Gasteiger partial charge >= 0.3 is 0 Å². The van der Waals surface area contributed by atoms with Crippen LogP contribution in [-0.2, 0) is 0 Å². The molecule has 0 aliphatic carbocycles. The third kappa shape index (κ3) is 5.12. The highest BCUT2D eigenvalue weighted by Gasteiger charge is 2.20. The fraction of sp³-hybridized carbons (Fsp3) is 0. The lowest BCUT2D eigenvalue weighted by Gasteiger charge is -2.26. The van der Waals surface area contributed by atoms with Crippen LogP contribution in [0.1, 0.15) is 32.9 Å². The Labute approximate surface area is 336 Å². The number of hydrogen-bond acceptors (Lipinski definition) is 2. The van der Waals surface area contributed by atoms with Crippen molar-refractivity contribution in [1.82, 2.24) is 0 Å². The van der Waals surface area contributed by atoms with Gasteiger partial charge in [-0.3, -0.25) is 0 Å². The van der Waals surface area contributed by atoms with Crippen LogP contribution in [0.5, 0.6) is 0 Å². The van der Waals surface area contributed by atoms with Crippen molar-refractivity contribution in [2.24, 2.45) is 0 Å². The molecule has 0 fully saturated rings. The van der Waals surface area contributed by atoms with Crippen LogP contribution in [0.4, 0.5) is 17.1 Å². The standard InChI is InChI=1S/C50H33NO/c1-2-10-34(11-3-1)35-20-22-36(23-21-35)37-24-29-41(30-25-37)51(42-31-26-40(27-32-42)44-17-8-14-38-12-4-6-15-43(38)44)47-18-9-19-48-49(47)46-33-28-39-13-5-7-16-45(39)50(46)52-48/h1-33H/i1D,2D,3D,4D,6D,8D,10D,11D,12D,14D,15D,17D,20D,21D,22D,23D,24D,25D,26D,27D,29D,30D,31D,32D. The van der Waals surface area contributed by atoms with Crippen LogP contribution in [0.3, 0.4) is 0 Å². The maximum absolute atomic E-state index is 9.71.